The van der Waals surface area contributed by atoms with Crippen molar-refractivity contribution in [2.45, 2.75) is 49.5 Å². The minimum atomic E-state index is -4.20. The molecule has 2 amide bonds. The van der Waals surface area contributed by atoms with Gasteiger partial charge in [0.25, 0.3) is 0 Å². The maximum atomic E-state index is 14.0. The molecule has 0 spiro atoms. The fraction of sp³-hybridized carbons (Fsp3) is 0.440. The van der Waals surface area contributed by atoms with Gasteiger partial charge in [-0.2, -0.15) is 4.31 Å². The highest BCUT2D eigenvalue weighted by molar-refractivity contribution is 7.89. The number of likely N-dealkylation sites (N-methyl/N-ethyl adjacent to an activating group) is 1. The normalized spacial score (nSPS) is 23.2. The largest absolute Gasteiger partial charge is 0.335 e. The van der Waals surface area contributed by atoms with Gasteiger partial charge in [-0.1, -0.05) is 35.3 Å². The number of benzene rings is 2. The topological polar surface area (TPSA) is 81.2 Å². The molecule has 2 heterocycles. The quantitative estimate of drug-likeness (QED) is 0.533. The zero-order valence-electron chi connectivity index (χ0n) is 20.9. The van der Waals surface area contributed by atoms with Crippen LogP contribution in [-0.4, -0.2) is 90.7 Å². The van der Waals surface area contributed by atoms with Crippen LogP contribution in [0.15, 0.2) is 47.4 Å². The molecule has 4 rings (SSSR count). The van der Waals surface area contributed by atoms with Crippen molar-refractivity contribution >= 4 is 45.0 Å². The molecule has 3 unspecified atom stereocenters. The molecule has 2 saturated heterocycles. The highest BCUT2D eigenvalue weighted by Gasteiger charge is 2.54. The number of nitrogens with zero attached hydrogens (tertiary/aromatic N) is 4. The van der Waals surface area contributed by atoms with Crippen LogP contribution in [0.5, 0.6) is 0 Å². The van der Waals surface area contributed by atoms with Crippen LogP contribution in [0.2, 0.25) is 10.0 Å². The molecule has 2 aliphatic heterocycles. The fourth-order valence-electron chi connectivity index (χ4n) is 4.89. The Morgan fingerprint density at radius 3 is 2.24 bits per heavy atom. The molecular weight excluding hydrogens is 542 g/mol. The molecule has 0 saturated carbocycles. The van der Waals surface area contributed by atoms with E-state index in [9.17, 15) is 22.4 Å². The molecule has 37 heavy (non-hydrogen) atoms. The molecule has 0 aliphatic carbocycles. The third kappa shape index (κ3) is 5.22. The highest BCUT2D eigenvalue weighted by Crippen LogP contribution is 2.35. The van der Waals surface area contributed by atoms with Crippen molar-refractivity contribution in [3.05, 3.63) is 63.9 Å². The number of fused-ring (bicyclic) bond motifs is 1. The van der Waals surface area contributed by atoms with Crippen LogP contribution < -0.4 is 0 Å². The summed E-state index contributed by atoms with van der Waals surface area (Å²) in [4.78, 5) is 31.9. The molecule has 0 aromatic heterocycles. The van der Waals surface area contributed by atoms with E-state index in [1.165, 1.54) is 39.5 Å². The lowest BCUT2D eigenvalue weighted by molar-refractivity contribution is -0.171. The van der Waals surface area contributed by atoms with Crippen LogP contribution in [0.25, 0.3) is 0 Å². The molecule has 0 N–H and O–H groups in total. The van der Waals surface area contributed by atoms with Gasteiger partial charge in [-0.25, -0.2) is 12.8 Å². The Morgan fingerprint density at radius 1 is 1.03 bits per heavy atom. The van der Waals surface area contributed by atoms with Gasteiger partial charge in [0.05, 0.1) is 11.6 Å². The van der Waals surface area contributed by atoms with Crippen LogP contribution in [0.3, 0.4) is 0 Å². The molecule has 8 nitrogen and oxygen atoms in total. The lowest BCUT2D eigenvalue weighted by Gasteiger charge is -2.54. The van der Waals surface area contributed by atoms with E-state index in [1.54, 1.807) is 36.0 Å². The molecule has 12 heteroatoms. The van der Waals surface area contributed by atoms with Gasteiger partial charge in [0.2, 0.25) is 21.8 Å². The average molecular weight is 572 g/mol. The van der Waals surface area contributed by atoms with Gasteiger partial charge in [0, 0.05) is 24.0 Å². The van der Waals surface area contributed by atoms with E-state index in [-0.39, 0.29) is 47.3 Å². The highest BCUT2D eigenvalue weighted by atomic mass is 35.5. The summed E-state index contributed by atoms with van der Waals surface area (Å²) in [7, 11) is -0.834. The molecule has 0 radical (unpaired) electrons. The monoisotopic (exact) mass is 570 g/mol. The van der Waals surface area contributed by atoms with Gasteiger partial charge in [-0.3, -0.25) is 14.5 Å². The Balaban J connectivity index is 1.84. The summed E-state index contributed by atoms with van der Waals surface area (Å²) in [5.41, 5.74) is 0.652. The predicted molar refractivity (Wildman–Crippen MR) is 139 cm³/mol. The van der Waals surface area contributed by atoms with Gasteiger partial charge >= 0.3 is 0 Å². The Hall–Kier alpha value is -2.24. The number of carbonyl (C=O) groups excluding carboxylic acids is 2. The van der Waals surface area contributed by atoms with Gasteiger partial charge in [-0.15, -0.1) is 0 Å². The van der Waals surface area contributed by atoms with Crippen LogP contribution in [0.4, 0.5) is 4.39 Å². The molecule has 2 fully saturated rings. The number of hydrogen-bond donors (Lipinski definition) is 0. The molecule has 0 bridgehead atoms. The zero-order chi connectivity index (χ0) is 27.2. The summed E-state index contributed by atoms with van der Waals surface area (Å²) in [6.45, 7) is 3.57. The molecule has 200 valence electrons. The third-order valence-electron chi connectivity index (χ3n) is 6.88. The summed E-state index contributed by atoms with van der Waals surface area (Å²) in [6, 6.07) is 7.81. The van der Waals surface area contributed by atoms with Crippen molar-refractivity contribution in [1.29, 1.82) is 0 Å². The first-order chi connectivity index (χ1) is 17.3. The van der Waals surface area contributed by atoms with E-state index in [4.69, 9.17) is 23.2 Å². The minimum Gasteiger partial charge on any atom is -0.335 e. The van der Waals surface area contributed by atoms with Crippen molar-refractivity contribution in [1.82, 2.24) is 19.0 Å². The number of amides is 2. The number of carbonyl (C=O) groups is 2. The molecule has 2 aromatic rings. The van der Waals surface area contributed by atoms with Crippen LogP contribution in [0.1, 0.15) is 19.4 Å². The SMILES string of the molecule is CC(C)N1CC2N(C(=O)C(N(C)C)CN2S(=O)(=O)c2ccc(Cl)cc2Cl)C(Cc2ccc(F)cc2)C1=O. The number of halogens is 3. The minimum absolute atomic E-state index is 0.00669. The van der Waals surface area contributed by atoms with E-state index in [2.05, 4.69) is 0 Å². The number of rotatable bonds is 6. The van der Waals surface area contributed by atoms with E-state index >= 15 is 0 Å². The van der Waals surface area contributed by atoms with Gasteiger partial charge in [0.15, 0.2) is 0 Å². The summed E-state index contributed by atoms with van der Waals surface area (Å²) >= 11 is 12.3. The smallest absolute Gasteiger partial charge is 0.246 e. The van der Waals surface area contributed by atoms with Crippen molar-refractivity contribution in [2.75, 3.05) is 27.2 Å². The van der Waals surface area contributed by atoms with Crippen molar-refractivity contribution in [2.24, 2.45) is 0 Å². The number of sulfonamides is 1. The Bertz CT molecular complexity index is 1310. The molecular formula is C25H29Cl2FN4O4S. The van der Waals surface area contributed by atoms with Gasteiger partial charge in [0.1, 0.15) is 29.0 Å². The van der Waals surface area contributed by atoms with Crippen molar-refractivity contribution in [3.63, 3.8) is 0 Å². The second kappa shape index (κ2) is 10.5. The Morgan fingerprint density at radius 2 is 1.68 bits per heavy atom. The third-order valence-corrected chi connectivity index (χ3v) is 9.46. The number of hydrogen-bond acceptors (Lipinski definition) is 5. The second-order valence-electron chi connectivity index (χ2n) is 9.79. The maximum absolute atomic E-state index is 14.0. The summed E-state index contributed by atoms with van der Waals surface area (Å²) in [5.74, 6) is -1.04. The standard InChI is InChI=1S/C25H29Cl2FN4O4S/c1-15(2)30-14-23-31(37(35,36)22-10-7-17(26)12-19(22)27)13-21(29(3)4)25(34)32(23)20(24(30)33)11-16-5-8-18(28)9-6-16/h5-10,12,15,20-21,23H,11,13-14H2,1-4H3. The van der Waals surface area contributed by atoms with Gasteiger partial charge in [-0.05, 0) is 63.8 Å². The first-order valence-electron chi connectivity index (χ1n) is 11.8. The van der Waals surface area contributed by atoms with Crippen LogP contribution in [0, 0.1) is 5.82 Å². The molecule has 2 aliphatic rings. The fourth-order valence-corrected chi connectivity index (χ4v) is 7.22. The summed E-state index contributed by atoms with van der Waals surface area (Å²) in [6.07, 6.45) is -0.841. The van der Waals surface area contributed by atoms with E-state index in [1.807, 2.05) is 13.8 Å². The maximum Gasteiger partial charge on any atom is 0.246 e. The zero-order valence-corrected chi connectivity index (χ0v) is 23.3. The van der Waals surface area contributed by atoms with Crippen molar-refractivity contribution in [3.8, 4) is 0 Å². The molecule has 2 aromatic carbocycles. The van der Waals surface area contributed by atoms with E-state index < -0.39 is 34.1 Å². The number of piperazine rings is 1. The Labute approximate surface area is 226 Å². The predicted octanol–water partition coefficient (Wildman–Crippen LogP) is 3.08. The van der Waals surface area contributed by atoms with Gasteiger partial charge < -0.3 is 9.80 Å². The summed E-state index contributed by atoms with van der Waals surface area (Å²) in [5, 5.41) is 0.256. The first-order valence-corrected chi connectivity index (χ1v) is 14.0. The van der Waals surface area contributed by atoms with E-state index in [0.717, 1.165) is 0 Å². The van der Waals surface area contributed by atoms with Crippen LogP contribution >= 0.6 is 23.2 Å². The van der Waals surface area contributed by atoms with Crippen LogP contribution in [-0.2, 0) is 26.0 Å². The van der Waals surface area contributed by atoms with E-state index in [0.29, 0.717) is 10.6 Å². The summed E-state index contributed by atoms with van der Waals surface area (Å²) < 4.78 is 42.8. The molecule has 3 atom stereocenters. The lowest BCUT2D eigenvalue weighted by Crippen LogP contribution is -2.76. The Kier molecular flexibility index (Phi) is 7.88. The van der Waals surface area contributed by atoms with Crippen molar-refractivity contribution < 1.29 is 22.4 Å². The lowest BCUT2D eigenvalue weighted by atomic mass is 9.96. The average Bonchev–Trinajstić information content (AvgIpc) is 2.81. The second-order valence-corrected chi connectivity index (χ2v) is 12.5. The first kappa shape index (κ1) is 27.8.